The molecular weight excluding hydrogens is 243 g/mol. The third-order valence-electron chi connectivity index (χ3n) is 2.17. The van der Waals surface area contributed by atoms with Crippen LogP contribution in [0.5, 0.6) is 11.5 Å². The Morgan fingerprint density at radius 2 is 1.88 bits per heavy atom. The van der Waals surface area contributed by atoms with Gasteiger partial charge in [0.05, 0.1) is 19.9 Å². The van der Waals surface area contributed by atoms with Gasteiger partial charge in [-0.2, -0.15) is 0 Å². The predicted octanol–water partition coefficient (Wildman–Crippen LogP) is 2.55. The van der Waals surface area contributed by atoms with E-state index < -0.39 is 5.82 Å². The van der Waals surface area contributed by atoms with Crippen molar-refractivity contribution in [2.45, 2.75) is 0 Å². The van der Waals surface area contributed by atoms with Crippen molar-refractivity contribution in [3.8, 4) is 11.5 Å². The first-order chi connectivity index (χ1) is 8.04. The van der Waals surface area contributed by atoms with E-state index in [1.807, 2.05) is 0 Å². The summed E-state index contributed by atoms with van der Waals surface area (Å²) in [5.41, 5.74) is -0.187. The van der Waals surface area contributed by atoms with E-state index in [0.29, 0.717) is 5.75 Å². The van der Waals surface area contributed by atoms with Crippen molar-refractivity contribution in [1.29, 1.82) is 10.8 Å². The zero-order valence-corrected chi connectivity index (χ0v) is 10.6. The van der Waals surface area contributed by atoms with Gasteiger partial charge in [-0.25, -0.2) is 4.39 Å². The van der Waals surface area contributed by atoms with Crippen LogP contribution in [0.25, 0.3) is 0 Å². The zero-order valence-electron chi connectivity index (χ0n) is 9.76. The number of hydrogen-bond donors (Lipinski definition) is 2. The zero-order chi connectivity index (χ0) is 13.0. The molecule has 0 spiro atoms. The van der Waals surface area contributed by atoms with Crippen molar-refractivity contribution in [2.75, 3.05) is 20.5 Å². The first kappa shape index (κ1) is 13.5. The quantitative estimate of drug-likeness (QED) is 0.642. The van der Waals surface area contributed by atoms with Crippen LogP contribution < -0.4 is 9.47 Å². The molecule has 0 fully saturated rings. The molecule has 92 valence electrons. The lowest BCUT2D eigenvalue weighted by Crippen LogP contribution is -2.12. The molecule has 1 aromatic carbocycles. The molecule has 2 N–H and O–H groups in total. The smallest absolute Gasteiger partial charge is 0.174 e. The molecule has 0 amide bonds. The highest BCUT2D eigenvalue weighted by atomic mass is 32.2. The van der Waals surface area contributed by atoms with Gasteiger partial charge in [0.2, 0.25) is 0 Å². The fourth-order valence-electron chi connectivity index (χ4n) is 1.25. The molecule has 0 saturated heterocycles. The van der Waals surface area contributed by atoms with Crippen LogP contribution in [0, 0.1) is 16.6 Å². The molecule has 0 aliphatic rings. The molecule has 0 atom stereocenters. The molecule has 1 rings (SSSR count). The van der Waals surface area contributed by atoms with Crippen molar-refractivity contribution in [2.24, 2.45) is 0 Å². The third-order valence-corrected chi connectivity index (χ3v) is 2.78. The topological polar surface area (TPSA) is 66.2 Å². The maximum absolute atomic E-state index is 13.9. The van der Waals surface area contributed by atoms with Gasteiger partial charge in [-0.15, -0.1) is 11.8 Å². The largest absolute Gasteiger partial charge is 0.497 e. The monoisotopic (exact) mass is 256 g/mol. The van der Waals surface area contributed by atoms with E-state index in [0.717, 1.165) is 11.8 Å². The average Bonchev–Trinajstić information content (AvgIpc) is 2.37. The summed E-state index contributed by atoms with van der Waals surface area (Å²) in [4.78, 5) is 0. The first-order valence-electron chi connectivity index (χ1n) is 4.68. The molecule has 0 heterocycles. The maximum atomic E-state index is 13.9. The van der Waals surface area contributed by atoms with Gasteiger partial charge in [-0.3, -0.25) is 10.8 Å². The molecule has 0 aliphatic heterocycles. The highest BCUT2D eigenvalue weighted by Crippen LogP contribution is 2.28. The van der Waals surface area contributed by atoms with Crippen molar-refractivity contribution in [3.05, 3.63) is 23.5 Å². The maximum Gasteiger partial charge on any atom is 0.174 e. The molecule has 4 nitrogen and oxygen atoms in total. The molecule has 0 unspecified atom stereocenters. The Hall–Kier alpha value is -1.56. The lowest BCUT2D eigenvalue weighted by molar-refractivity contribution is 0.373. The van der Waals surface area contributed by atoms with E-state index >= 15 is 0 Å². The molecule has 0 saturated carbocycles. The number of halogens is 1. The van der Waals surface area contributed by atoms with Gasteiger partial charge in [0.25, 0.3) is 0 Å². The molecule has 1 aromatic rings. The van der Waals surface area contributed by atoms with Crippen LogP contribution >= 0.6 is 11.8 Å². The minimum atomic E-state index is -0.655. The van der Waals surface area contributed by atoms with Gasteiger partial charge in [-0.1, -0.05) is 0 Å². The van der Waals surface area contributed by atoms with E-state index in [9.17, 15) is 4.39 Å². The van der Waals surface area contributed by atoms with E-state index in [2.05, 4.69) is 0 Å². The van der Waals surface area contributed by atoms with Crippen LogP contribution in [0.15, 0.2) is 12.1 Å². The summed E-state index contributed by atoms with van der Waals surface area (Å²) >= 11 is 1.07. The van der Waals surface area contributed by atoms with Gasteiger partial charge < -0.3 is 9.47 Å². The summed E-state index contributed by atoms with van der Waals surface area (Å²) in [5.74, 6) is -0.271. The van der Waals surface area contributed by atoms with Crippen molar-refractivity contribution < 1.29 is 13.9 Å². The SMILES string of the molecule is COc1cc(OC)c(F)c(C(=N)C(=N)SC)c1. The molecule has 0 bridgehead atoms. The van der Waals surface area contributed by atoms with Crippen molar-refractivity contribution in [1.82, 2.24) is 0 Å². The Labute approximate surface area is 103 Å². The highest BCUT2D eigenvalue weighted by molar-refractivity contribution is 8.15. The lowest BCUT2D eigenvalue weighted by atomic mass is 10.1. The first-order valence-corrected chi connectivity index (χ1v) is 5.91. The number of thioether (sulfide) groups is 1. The Bertz CT molecular complexity index is 463. The van der Waals surface area contributed by atoms with Gasteiger partial charge in [-0.05, 0) is 12.3 Å². The second-order valence-electron chi connectivity index (χ2n) is 3.10. The van der Waals surface area contributed by atoms with Crippen LogP contribution in [0.4, 0.5) is 4.39 Å². The highest BCUT2D eigenvalue weighted by Gasteiger charge is 2.18. The number of benzene rings is 1. The number of rotatable bonds is 4. The fraction of sp³-hybridized carbons (Fsp3) is 0.273. The average molecular weight is 256 g/mol. The van der Waals surface area contributed by atoms with Crippen LogP contribution in [0.1, 0.15) is 5.56 Å². The number of hydrogen-bond acceptors (Lipinski definition) is 5. The number of ether oxygens (including phenoxy) is 2. The van der Waals surface area contributed by atoms with Crippen molar-refractivity contribution in [3.63, 3.8) is 0 Å². The Morgan fingerprint density at radius 1 is 1.24 bits per heavy atom. The number of nitrogens with one attached hydrogen (secondary N) is 2. The summed E-state index contributed by atoms with van der Waals surface area (Å²) in [7, 11) is 2.78. The summed E-state index contributed by atoms with van der Waals surface area (Å²) in [5, 5.41) is 15.2. The van der Waals surface area contributed by atoms with Crippen LogP contribution in [-0.4, -0.2) is 31.2 Å². The Kier molecular flexibility index (Phi) is 4.51. The predicted molar refractivity (Wildman–Crippen MR) is 67.6 cm³/mol. The van der Waals surface area contributed by atoms with E-state index in [4.69, 9.17) is 20.3 Å². The second kappa shape index (κ2) is 5.67. The molecule has 6 heteroatoms. The van der Waals surface area contributed by atoms with Crippen LogP contribution in [0.2, 0.25) is 0 Å². The molecule has 17 heavy (non-hydrogen) atoms. The number of methoxy groups -OCH3 is 2. The third kappa shape index (κ3) is 2.76. The Balaban J connectivity index is 3.31. The summed E-state index contributed by atoms with van der Waals surface area (Å²) < 4.78 is 23.8. The molecule has 0 aliphatic carbocycles. The fourth-order valence-corrected chi connectivity index (χ4v) is 1.56. The minimum absolute atomic E-state index is 0.000509. The van der Waals surface area contributed by atoms with Gasteiger partial charge in [0.15, 0.2) is 11.6 Å². The van der Waals surface area contributed by atoms with Crippen LogP contribution in [-0.2, 0) is 0 Å². The van der Waals surface area contributed by atoms with Gasteiger partial charge >= 0.3 is 0 Å². The van der Waals surface area contributed by atoms with Crippen LogP contribution in [0.3, 0.4) is 0 Å². The molecular formula is C11H13FN2O2S. The lowest BCUT2D eigenvalue weighted by Gasteiger charge is -2.11. The molecule has 0 aromatic heterocycles. The summed E-state index contributed by atoms with van der Waals surface area (Å²) in [6.07, 6.45) is 1.66. The van der Waals surface area contributed by atoms with Crippen molar-refractivity contribution >= 4 is 22.5 Å². The van der Waals surface area contributed by atoms with E-state index in [-0.39, 0.29) is 22.1 Å². The van der Waals surface area contributed by atoms with E-state index in [1.54, 1.807) is 6.26 Å². The summed E-state index contributed by atoms with van der Waals surface area (Å²) in [6.45, 7) is 0. The van der Waals surface area contributed by atoms with E-state index in [1.165, 1.54) is 26.4 Å². The standard InChI is InChI=1S/C11H13FN2O2S/c1-15-6-4-7(10(13)11(14)17-3)9(12)8(5-6)16-2/h4-5,13-14H,1-3H3. The second-order valence-corrected chi connectivity index (χ2v) is 3.92. The van der Waals surface area contributed by atoms with Gasteiger partial charge in [0.1, 0.15) is 10.8 Å². The Morgan fingerprint density at radius 3 is 2.35 bits per heavy atom. The minimum Gasteiger partial charge on any atom is -0.497 e. The van der Waals surface area contributed by atoms with Gasteiger partial charge in [0, 0.05) is 11.6 Å². The molecule has 0 radical (unpaired) electrons. The normalized spacial score (nSPS) is 9.88. The summed E-state index contributed by atoms with van der Waals surface area (Å²) in [6, 6.07) is 2.78.